The van der Waals surface area contributed by atoms with Crippen molar-refractivity contribution in [2.45, 2.75) is 24.0 Å². The fourth-order valence-electron chi connectivity index (χ4n) is 1.68. The molecule has 0 saturated carbocycles. The minimum Gasteiger partial charge on any atom is -0.387 e. The molecule has 7 nitrogen and oxygen atoms in total. The maximum atomic E-state index is 10.2. The Morgan fingerprint density at radius 2 is 2.36 bits per heavy atom. The Kier molecular flexibility index (Phi) is 2.20. The number of carbonyl (C=O) groups excluding carboxylic acids is 1. The summed E-state index contributed by atoms with van der Waals surface area (Å²) in [5.41, 5.74) is 0. The van der Waals surface area contributed by atoms with Crippen LogP contribution in [0.25, 0.3) is 0 Å². The van der Waals surface area contributed by atoms with E-state index in [1.165, 1.54) is 0 Å². The molecule has 0 radical (unpaired) electrons. The van der Waals surface area contributed by atoms with E-state index in [4.69, 9.17) is 9.99 Å². The van der Waals surface area contributed by atoms with E-state index in [1.807, 2.05) is 0 Å². The highest BCUT2D eigenvalue weighted by Crippen LogP contribution is 2.47. The molecule has 2 heterocycles. The Morgan fingerprint density at radius 1 is 1.64 bits per heavy atom. The van der Waals surface area contributed by atoms with Gasteiger partial charge in [-0.15, -0.1) is 0 Å². The third kappa shape index (κ3) is 1.14. The van der Waals surface area contributed by atoms with Crippen molar-refractivity contribution in [1.82, 2.24) is 5.32 Å². The van der Waals surface area contributed by atoms with E-state index in [0.717, 1.165) is 0 Å². The number of fused-ring (bicyclic) bond motifs is 1. The van der Waals surface area contributed by atoms with Crippen molar-refractivity contribution < 1.29 is 29.5 Å². The van der Waals surface area contributed by atoms with Crippen LogP contribution in [0.4, 0.5) is 0 Å². The summed E-state index contributed by atoms with van der Waals surface area (Å²) in [6.45, 7) is -0.263. The van der Waals surface area contributed by atoms with E-state index in [-0.39, 0.29) is 6.61 Å². The molecule has 0 bridgehead atoms. The van der Waals surface area contributed by atoms with Crippen molar-refractivity contribution in [3.05, 3.63) is 0 Å². The van der Waals surface area contributed by atoms with Crippen molar-refractivity contribution in [1.29, 1.82) is 0 Å². The molecule has 4 N–H and O–H groups in total. The van der Waals surface area contributed by atoms with Crippen LogP contribution in [0.5, 0.6) is 0 Å². The van der Waals surface area contributed by atoms with E-state index < -0.39 is 30.6 Å². The molecule has 0 unspecified atom stereocenters. The van der Waals surface area contributed by atoms with Gasteiger partial charge in [-0.05, 0) is 4.89 Å². The highest BCUT2D eigenvalue weighted by Gasteiger charge is 2.78. The fraction of sp³-hybridized carbons (Fsp3) is 0.857. The molecule has 2 aliphatic rings. The summed E-state index contributed by atoms with van der Waals surface area (Å²) in [5, 5.41) is 30.4. The SMILES string of the molecule is O=CN[C@H]1C[O+]2O[C@@]2(CO)[C@@H](O)[C@@H]1O. The maximum absolute atomic E-state index is 10.2. The van der Waals surface area contributed by atoms with Gasteiger partial charge in [0.25, 0.3) is 0 Å². The van der Waals surface area contributed by atoms with Crippen LogP contribution in [0.3, 0.4) is 0 Å². The Balaban J connectivity index is 2.09. The number of hydrogen-bond acceptors (Lipinski definition) is 5. The van der Waals surface area contributed by atoms with Crippen molar-refractivity contribution in [3.8, 4) is 0 Å². The van der Waals surface area contributed by atoms with Crippen LogP contribution >= 0.6 is 0 Å². The largest absolute Gasteiger partial charge is 0.430 e. The second kappa shape index (κ2) is 3.14. The molecule has 80 valence electrons. The first-order valence-corrected chi connectivity index (χ1v) is 4.23. The first-order valence-electron chi connectivity index (χ1n) is 4.23. The van der Waals surface area contributed by atoms with Gasteiger partial charge >= 0.3 is 5.79 Å². The lowest BCUT2D eigenvalue weighted by Crippen LogP contribution is -2.59. The van der Waals surface area contributed by atoms with Gasteiger partial charge in [0.1, 0.15) is 12.1 Å². The summed E-state index contributed by atoms with van der Waals surface area (Å²) < 4.78 is 2.17. The second-order valence-electron chi connectivity index (χ2n) is 3.39. The third-order valence-electron chi connectivity index (χ3n) is 2.62. The molecule has 0 aromatic heterocycles. The number of carbonyl (C=O) groups is 1. The highest BCUT2D eigenvalue weighted by atomic mass is 17.5. The molecule has 0 aromatic carbocycles. The summed E-state index contributed by atoms with van der Waals surface area (Å²) in [4.78, 5) is 15.1. The quantitative estimate of drug-likeness (QED) is 0.171. The fourth-order valence-corrected chi connectivity index (χ4v) is 1.68. The van der Waals surface area contributed by atoms with Gasteiger partial charge in [-0.3, -0.25) is 4.79 Å². The zero-order valence-corrected chi connectivity index (χ0v) is 7.29. The summed E-state index contributed by atoms with van der Waals surface area (Å²) >= 11 is 0. The molecule has 1 amide bonds. The van der Waals surface area contributed by atoms with Crippen molar-refractivity contribution in [3.63, 3.8) is 0 Å². The van der Waals surface area contributed by atoms with Crippen LogP contribution in [0, 0.1) is 0 Å². The van der Waals surface area contributed by atoms with Gasteiger partial charge in [0, 0.05) is 0 Å². The average Bonchev–Trinajstić information content (AvgIpc) is 2.89. The van der Waals surface area contributed by atoms with Gasteiger partial charge in [-0.25, -0.2) is 0 Å². The van der Waals surface area contributed by atoms with Crippen molar-refractivity contribution in [2.75, 3.05) is 13.2 Å². The third-order valence-corrected chi connectivity index (χ3v) is 2.62. The molecule has 4 atom stereocenters. The number of rotatable bonds is 3. The topological polar surface area (TPSA) is 105 Å². The van der Waals surface area contributed by atoms with Gasteiger partial charge < -0.3 is 20.6 Å². The first-order chi connectivity index (χ1) is 6.65. The van der Waals surface area contributed by atoms with E-state index in [0.29, 0.717) is 6.41 Å². The lowest BCUT2D eigenvalue weighted by atomic mass is 9.97. The highest BCUT2D eigenvalue weighted by molar-refractivity contribution is 5.47. The summed E-state index contributed by atoms with van der Waals surface area (Å²) in [7, 11) is 0. The summed E-state index contributed by atoms with van der Waals surface area (Å²) in [5.74, 6) is -1.25. The van der Waals surface area contributed by atoms with E-state index in [9.17, 15) is 15.0 Å². The van der Waals surface area contributed by atoms with Gasteiger partial charge in [0.15, 0.2) is 12.7 Å². The molecular formula is C7H12NO6+. The number of nitrogens with one attached hydrogen (secondary N) is 1. The molecule has 14 heavy (non-hydrogen) atoms. The monoisotopic (exact) mass is 206 g/mol. The number of amides is 1. The van der Waals surface area contributed by atoms with Gasteiger partial charge in [-0.1, -0.05) is 0 Å². The van der Waals surface area contributed by atoms with Gasteiger partial charge in [0.2, 0.25) is 13.0 Å². The van der Waals surface area contributed by atoms with Gasteiger partial charge in [0.05, 0.1) is 0 Å². The Morgan fingerprint density at radius 3 is 2.93 bits per heavy atom. The minimum absolute atomic E-state index is 0.164. The van der Waals surface area contributed by atoms with Crippen molar-refractivity contribution >= 4 is 6.41 Å². The zero-order valence-electron chi connectivity index (χ0n) is 7.29. The van der Waals surface area contributed by atoms with Crippen LogP contribution in [0.1, 0.15) is 0 Å². The van der Waals surface area contributed by atoms with E-state index in [1.54, 1.807) is 0 Å². The van der Waals surface area contributed by atoms with Crippen LogP contribution in [0.15, 0.2) is 0 Å². The molecule has 0 spiro atoms. The predicted molar refractivity (Wildman–Crippen MR) is 41.9 cm³/mol. The smallest absolute Gasteiger partial charge is 0.387 e. The second-order valence-corrected chi connectivity index (χ2v) is 3.39. The Hall–Kier alpha value is -0.730. The molecule has 2 saturated heterocycles. The molecule has 0 aliphatic carbocycles. The maximum Gasteiger partial charge on any atom is 0.430 e. The zero-order chi connectivity index (χ0) is 10.3. The lowest BCUT2D eigenvalue weighted by molar-refractivity contribution is -0.209. The average molecular weight is 206 g/mol. The predicted octanol–water partition coefficient (Wildman–Crippen LogP) is -2.98. The van der Waals surface area contributed by atoms with E-state index >= 15 is 0 Å². The summed E-state index contributed by atoms with van der Waals surface area (Å²) in [6, 6.07) is -0.616. The number of aliphatic hydroxyl groups excluding tert-OH is 3. The van der Waals surface area contributed by atoms with Crippen LogP contribution in [-0.2, 0) is 14.2 Å². The Labute approximate surface area is 79.5 Å². The van der Waals surface area contributed by atoms with Gasteiger partial charge in [-0.2, -0.15) is 4.52 Å². The normalized spacial score (nSPS) is 46.9. The molecule has 2 aliphatic heterocycles. The molecule has 2 rings (SSSR count). The van der Waals surface area contributed by atoms with E-state index in [2.05, 4.69) is 9.83 Å². The van der Waals surface area contributed by atoms with Crippen molar-refractivity contribution in [2.24, 2.45) is 0 Å². The van der Waals surface area contributed by atoms with Crippen LogP contribution < -0.4 is 5.32 Å². The number of hydrogen-bond donors (Lipinski definition) is 4. The number of aliphatic hydroxyl groups is 3. The molecule has 0 aromatic rings. The minimum atomic E-state index is -1.26. The first kappa shape index (κ1) is 9.81. The lowest BCUT2D eigenvalue weighted by Gasteiger charge is -2.26. The van der Waals surface area contributed by atoms with Crippen LogP contribution in [0.2, 0.25) is 0 Å². The standard InChI is InChI=1S/C7H11NO6/c9-2-7-6(12)5(11)4(8-3-10)1-14(7)13-7/h3-6,9,11-12H,1-2H2/p+1/t4-,5+,6-,7+/m0/s1. The molecule has 7 heteroatoms. The Bertz CT molecular complexity index is 248. The summed E-state index contributed by atoms with van der Waals surface area (Å²) in [6.07, 6.45) is -1.97. The molecule has 2 fully saturated rings. The molecular weight excluding hydrogens is 194 g/mol. The van der Waals surface area contributed by atoms with Crippen LogP contribution in [-0.4, -0.2) is 59.0 Å².